The Kier molecular flexibility index (Phi) is 4.72. The highest BCUT2D eigenvalue weighted by atomic mass is 35.5. The molecular formula is C17H15ClN2O5. The lowest BCUT2D eigenvalue weighted by atomic mass is 9.83. The first-order chi connectivity index (χ1) is 12.1. The van der Waals surface area contributed by atoms with Crippen LogP contribution in [0.2, 0.25) is 0 Å². The summed E-state index contributed by atoms with van der Waals surface area (Å²) in [6.45, 7) is 1.98. The van der Waals surface area contributed by atoms with E-state index in [4.69, 9.17) is 36.3 Å². The minimum atomic E-state index is -0.763. The number of alkyl halides is 1. The lowest BCUT2D eigenvalue weighted by Gasteiger charge is -2.27. The molecule has 0 saturated carbocycles. The number of hydrogen-bond donors (Lipinski definition) is 1. The second-order valence-corrected chi connectivity index (χ2v) is 5.50. The average Bonchev–Trinajstić information content (AvgIpc) is 3.08. The van der Waals surface area contributed by atoms with Gasteiger partial charge in [-0.3, -0.25) is 0 Å². The molecule has 0 amide bonds. The highest BCUT2D eigenvalue weighted by Gasteiger charge is 2.38. The Balaban J connectivity index is 2.15. The minimum absolute atomic E-state index is 0.0887. The zero-order valence-corrected chi connectivity index (χ0v) is 14.1. The number of fused-ring (bicyclic) bond motifs is 1. The van der Waals surface area contributed by atoms with Crippen LogP contribution >= 0.6 is 11.6 Å². The predicted molar refractivity (Wildman–Crippen MR) is 87.6 cm³/mol. The van der Waals surface area contributed by atoms with Crippen molar-refractivity contribution in [3.05, 3.63) is 46.6 Å². The monoisotopic (exact) mass is 362 g/mol. The number of nitrogens with two attached hydrogens (primary N) is 1. The number of rotatable bonds is 4. The summed E-state index contributed by atoms with van der Waals surface area (Å²) in [6.07, 6.45) is 0. The van der Waals surface area contributed by atoms with Crippen LogP contribution in [0.1, 0.15) is 18.4 Å². The van der Waals surface area contributed by atoms with Crippen LogP contribution in [-0.4, -0.2) is 25.2 Å². The summed E-state index contributed by atoms with van der Waals surface area (Å²) in [6, 6.07) is 7.16. The van der Waals surface area contributed by atoms with Crippen molar-refractivity contribution in [2.75, 3.05) is 19.3 Å². The summed E-state index contributed by atoms with van der Waals surface area (Å²) in [4.78, 5) is 12.5. The van der Waals surface area contributed by atoms with E-state index in [9.17, 15) is 10.1 Å². The molecule has 1 aromatic carbocycles. The Hall–Kier alpha value is -2.85. The van der Waals surface area contributed by atoms with Gasteiger partial charge in [-0.25, -0.2) is 4.79 Å². The molecule has 0 radical (unpaired) electrons. The minimum Gasteiger partial charge on any atom is -0.463 e. The molecule has 1 unspecified atom stereocenters. The third kappa shape index (κ3) is 2.96. The molecule has 7 nitrogen and oxygen atoms in total. The highest BCUT2D eigenvalue weighted by molar-refractivity contribution is 6.19. The molecule has 2 N–H and O–H groups in total. The Bertz CT molecular complexity index is 825. The van der Waals surface area contributed by atoms with Crippen molar-refractivity contribution in [1.29, 1.82) is 5.26 Å². The van der Waals surface area contributed by atoms with Crippen LogP contribution in [0, 0.1) is 11.3 Å². The van der Waals surface area contributed by atoms with Gasteiger partial charge in [0.1, 0.15) is 17.4 Å². The number of nitriles is 1. The summed E-state index contributed by atoms with van der Waals surface area (Å²) < 4.78 is 21.2. The van der Waals surface area contributed by atoms with Crippen LogP contribution in [0.25, 0.3) is 0 Å². The van der Waals surface area contributed by atoms with Gasteiger partial charge in [0.25, 0.3) is 0 Å². The van der Waals surface area contributed by atoms with Crippen molar-refractivity contribution in [3.63, 3.8) is 0 Å². The number of esters is 1. The topological polar surface area (TPSA) is 104 Å². The summed E-state index contributed by atoms with van der Waals surface area (Å²) in [5.74, 6) is -0.273. The summed E-state index contributed by atoms with van der Waals surface area (Å²) >= 11 is 5.93. The first-order valence-electron chi connectivity index (χ1n) is 7.54. The van der Waals surface area contributed by atoms with Crippen molar-refractivity contribution < 1.29 is 23.7 Å². The molecule has 1 atom stereocenters. The molecule has 3 rings (SSSR count). The molecule has 0 aliphatic carbocycles. The number of nitrogens with zero attached hydrogens (tertiary/aromatic N) is 1. The molecule has 0 bridgehead atoms. The summed E-state index contributed by atoms with van der Waals surface area (Å²) in [5.41, 5.74) is 6.75. The first kappa shape index (κ1) is 17.0. The van der Waals surface area contributed by atoms with Crippen LogP contribution in [0.4, 0.5) is 0 Å². The van der Waals surface area contributed by atoms with Gasteiger partial charge in [0.15, 0.2) is 11.5 Å². The molecule has 0 fully saturated rings. The number of halogens is 1. The molecule has 2 aliphatic rings. The third-order valence-electron chi connectivity index (χ3n) is 3.84. The number of ether oxygens (including phenoxy) is 4. The van der Waals surface area contributed by atoms with Crippen molar-refractivity contribution in [2.45, 2.75) is 12.8 Å². The number of carbonyl (C=O) groups is 1. The van der Waals surface area contributed by atoms with E-state index >= 15 is 0 Å². The Morgan fingerprint density at radius 3 is 2.88 bits per heavy atom. The van der Waals surface area contributed by atoms with Gasteiger partial charge in [0, 0.05) is 0 Å². The maximum Gasteiger partial charge on any atom is 0.338 e. The summed E-state index contributed by atoms with van der Waals surface area (Å²) in [7, 11) is 0. The first-order valence-corrected chi connectivity index (χ1v) is 8.07. The molecule has 0 aromatic heterocycles. The average molecular weight is 363 g/mol. The predicted octanol–water partition coefficient (Wildman–Crippen LogP) is 2.28. The lowest BCUT2D eigenvalue weighted by Crippen LogP contribution is -2.26. The van der Waals surface area contributed by atoms with Crippen molar-refractivity contribution >= 4 is 17.6 Å². The van der Waals surface area contributed by atoms with Gasteiger partial charge in [-0.1, -0.05) is 6.07 Å². The fourth-order valence-corrected chi connectivity index (χ4v) is 2.97. The number of allylic oxidation sites excluding steroid dienone is 2. The van der Waals surface area contributed by atoms with Crippen LogP contribution in [0.15, 0.2) is 41.0 Å². The Labute approximate surface area is 149 Å². The van der Waals surface area contributed by atoms with E-state index in [1.165, 1.54) is 0 Å². The van der Waals surface area contributed by atoms with Crippen LogP contribution < -0.4 is 15.2 Å². The lowest BCUT2D eigenvalue weighted by molar-refractivity contribution is -0.139. The van der Waals surface area contributed by atoms with Crippen LogP contribution in [0.3, 0.4) is 0 Å². The van der Waals surface area contributed by atoms with Gasteiger partial charge < -0.3 is 24.7 Å². The van der Waals surface area contributed by atoms with E-state index < -0.39 is 11.9 Å². The van der Waals surface area contributed by atoms with Gasteiger partial charge in [-0.2, -0.15) is 5.26 Å². The molecular weight excluding hydrogens is 348 g/mol. The molecule has 0 saturated heterocycles. The van der Waals surface area contributed by atoms with E-state index in [1.807, 2.05) is 6.07 Å². The number of hydrogen-bond acceptors (Lipinski definition) is 7. The van der Waals surface area contributed by atoms with E-state index in [1.54, 1.807) is 25.1 Å². The van der Waals surface area contributed by atoms with Gasteiger partial charge in [-0.05, 0) is 24.6 Å². The van der Waals surface area contributed by atoms with Gasteiger partial charge in [0.05, 0.1) is 24.0 Å². The Morgan fingerprint density at radius 2 is 2.20 bits per heavy atom. The largest absolute Gasteiger partial charge is 0.463 e. The third-order valence-corrected chi connectivity index (χ3v) is 4.09. The smallest absolute Gasteiger partial charge is 0.338 e. The van der Waals surface area contributed by atoms with Crippen LogP contribution in [0.5, 0.6) is 11.5 Å². The number of carbonyl (C=O) groups excluding carboxylic acids is 1. The van der Waals surface area contributed by atoms with E-state index in [-0.39, 0.29) is 42.1 Å². The fourth-order valence-electron chi connectivity index (χ4n) is 2.78. The van der Waals surface area contributed by atoms with Crippen molar-refractivity contribution in [1.82, 2.24) is 0 Å². The van der Waals surface area contributed by atoms with Gasteiger partial charge in [0.2, 0.25) is 12.7 Å². The molecule has 2 aliphatic heterocycles. The highest BCUT2D eigenvalue weighted by Crippen LogP contribution is 2.43. The van der Waals surface area contributed by atoms with E-state index in [0.29, 0.717) is 17.1 Å². The summed E-state index contributed by atoms with van der Waals surface area (Å²) in [5, 5.41) is 9.54. The molecule has 130 valence electrons. The second kappa shape index (κ2) is 6.95. The van der Waals surface area contributed by atoms with Crippen molar-refractivity contribution in [2.24, 2.45) is 5.73 Å². The standard InChI is InChI=1S/C17H15ClN2O5/c1-2-22-17(21)15-13(6-18)25-16(20)10(7-19)14(15)9-3-4-11-12(5-9)24-8-23-11/h3-5,14H,2,6,8,20H2,1H3. The molecule has 2 heterocycles. The SMILES string of the molecule is CCOC(=O)C1=C(CCl)OC(N)=C(C#N)C1c1ccc2c(c1)OCO2. The zero-order chi connectivity index (χ0) is 18.0. The second-order valence-electron chi connectivity index (χ2n) is 5.23. The van der Waals surface area contributed by atoms with Gasteiger partial charge in [-0.15, -0.1) is 11.6 Å². The van der Waals surface area contributed by atoms with Crippen molar-refractivity contribution in [3.8, 4) is 17.6 Å². The molecule has 0 spiro atoms. The normalized spacial score (nSPS) is 18.7. The maximum atomic E-state index is 12.5. The molecule has 8 heteroatoms. The van der Waals surface area contributed by atoms with E-state index in [2.05, 4.69) is 0 Å². The maximum absolute atomic E-state index is 12.5. The number of benzene rings is 1. The zero-order valence-electron chi connectivity index (χ0n) is 13.4. The van der Waals surface area contributed by atoms with Crippen LogP contribution in [-0.2, 0) is 14.3 Å². The molecule has 1 aromatic rings. The molecule has 25 heavy (non-hydrogen) atoms. The van der Waals surface area contributed by atoms with E-state index in [0.717, 1.165) is 0 Å². The fraction of sp³-hybridized carbons (Fsp3) is 0.294. The van der Waals surface area contributed by atoms with Gasteiger partial charge >= 0.3 is 5.97 Å². The Morgan fingerprint density at radius 1 is 1.44 bits per heavy atom. The quantitative estimate of drug-likeness (QED) is 0.647.